The fraction of sp³-hybridized carbons (Fsp3) is 0.987. The summed E-state index contributed by atoms with van der Waals surface area (Å²) in [6.45, 7) is 1.82. The van der Waals surface area contributed by atoms with Gasteiger partial charge < -0.3 is 89.9 Å². The van der Waals surface area contributed by atoms with Crippen molar-refractivity contribution in [3.05, 3.63) is 0 Å². The number of carbonyl (C=O) groups excluding carboxylic acids is 1. The van der Waals surface area contributed by atoms with Crippen LogP contribution in [0.1, 0.15) is 348 Å². The normalized spacial score (nSPS) is 27.1. The van der Waals surface area contributed by atoms with Crippen LogP contribution in [0.2, 0.25) is 0 Å². The molecular weight excluding hydrogens is 1210 g/mol. The smallest absolute Gasteiger partial charge is 0.220 e. The minimum absolute atomic E-state index is 0.237. The van der Waals surface area contributed by atoms with E-state index in [1.807, 2.05) is 0 Å². The van der Waals surface area contributed by atoms with Crippen LogP contribution >= 0.6 is 0 Å². The number of carbonyl (C=O) groups is 1. The number of aliphatic hydroxyl groups is 11. The monoisotopic (exact) mass is 1360 g/mol. The average molecular weight is 1360 g/mol. The van der Waals surface area contributed by atoms with Crippen molar-refractivity contribution >= 4 is 5.91 Å². The van der Waals surface area contributed by atoms with Crippen LogP contribution in [0.4, 0.5) is 0 Å². The van der Waals surface area contributed by atoms with E-state index in [1.54, 1.807) is 0 Å². The topological polar surface area (TPSA) is 307 Å². The Kier molecular flexibility index (Phi) is 54.0. The molecule has 3 heterocycles. The van der Waals surface area contributed by atoms with Crippen LogP contribution in [0.3, 0.4) is 0 Å². The summed E-state index contributed by atoms with van der Waals surface area (Å²) in [5.74, 6) is -0.237. The zero-order chi connectivity index (χ0) is 68.9. The van der Waals surface area contributed by atoms with E-state index in [0.29, 0.717) is 12.8 Å². The highest BCUT2D eigenvalue weighted by Gasteiger charge is 2.54. The summed E-state index contributed by atoms with van der Waals surface area (Å²) in [5, 5.41) is 121. The largest absolute Gasteiger partial charge is 0.394 e. The van der Waals surface area contributed by atoms with E-state index in [9.17, 15) is 61.0 Å². The lowest BCUT2D eigenvalue weighted by Gasteiger charge is -2.48. The van der Waals surface area contributed by atoms with Gasteiger partial charge in [-0.2, -0.15) is 0 Å². The first-order valence-electron chi connectivity index (χ1n) is 39.8. The molecule has 3 fully saturated rings. The second kappa shape index (κ2) is 58.3. The second-order valence-corrected chi connectivity index (χ2v) is 28.9. The highest BCUT2D eigenvalue weighted by Crippen LogP contribution is 2.33. The van der Waals surface area contributed by atoms with E-state index in [1.165, 1.54) is 270 Å². The summed E-state index contributed by atoms with van der Waals surface area (Å²) in [5.41, 5.74) is 0. The first kappa shape index (κ1) is 88.0. The molecule has 17 atom stereocenters. The Balaban J connectivity index is 1.23. The summed E-state index contributed by atoms with van der Waals surface area (Å²) < 4.78 is 34.4. The molecule has 564 valence electrons. The van der Waals surface area contributed by atoms with Crippen LogP contribution in [-0.2, 0) is 33.2 Å². The SMILES string of the molecule is CCCCCCCCCCCCCCCCCCCCCCCCCCCCCCCCCCCCCCCCCCC(=O)NC(COC1OC(CO)C(OC2OC(CO)C(OC3OC(CO)C(O)C(O)C3O)C(O)C2O)C(O)C1O)C(O)CCCCCCCCCCCC. The van der Waals surface area contributed by atoms with Crippen molar-refractivity contribution in [2.45, 2.75) is 452 Å². The summed E-state index contributed by atoms with van der Waals surface area (Å²) in [6.07, 6.45) is 39.8. The maximum Gasteiger partial charge on any atom is 0.220 e. The Labute approximate surface area is 576 Å². The average Bonchev–Trinajstić information content (AvgIpc) is 0.788. The van der Waals surface area contributed by atoms with E-state index in [-0.39, 0.29) is 18.9 Å². The number of hydrogen-bond donors (Lipinski definition) is 12. The fourth-order valence-electron chi connectivity index (χ4n) is 14.0. The van der Waals surface area contributed by atoms with Gasteiger partial charge in [0, 0.05) is 6.42 Å². The predicted molar refractivity (Wildman–Crippen MR) is 374 cm³/mol. The minimum atomic E-state index is -1.97. The van der Waals surface area contributed by atoms with Gasteiger partial charge in [-0.15, -0.1) is 0 Å². The summed E-state index contributed by atoms with van der Waals surface area (Å²) in [6, 6.07) is -0.881. The van der Waals surface area contributed by atoms with E-state index in [4.69, 9.17) is 28.4 Å². The van der Waals surface area contributed by atoms with Crippen molar-refractivity contribution in [2.24, 2.45) is 0 Å². The lowest BCUT2D eigenvalue weighted by Crippen LogP contribution is -2.66. The van der Waals surface area contributed by atoms with Gasteiger partial charge in [-0.05, 0) is 12.8 Å². The highest BCUT2D eigenvalue weighted by molar-refractivity contribution is 5.76. The molecule has 17 unspecified atom stereocenters. The third kappa shape index (κ3) is 39.1. The van der Waals surface area contributed by atoms with Crippen molar-refractivity contribution in [3.8, 4) is 0 Å². The van der Waals surface area contributed by atoms with Crippen molar-refractivity contribution in [2.75, 3.05) is 26.4 Å². The minimum Gasteiger partial charge on any atom is -0.394 e. The number of hydrogen-bond acceptors (Lipinski definition) is 18. The maximum absolute atomic E-state index is 13.4. The van der Waals surface area contributed by atoms with Crippen LogP contribution in [0.15, 0.2) is 0 Å². The molecule has 19 heteroatoms. The lowest BCUT2D eigenvalue weighted by atomic mass is 9.96. The maximum atomic E-state index is 13.4. The Morgan fingerprint density at radius 3 is 0.916 bits per heavy atom. The quantitative estimate of drug-likeness (QED) is 0.0252. The molecule has 12 N–H and O–H groups in total. The Hall–Kier alpha value is -1.21. The van der Waals surface area contributed by atoms with Gasteiger partial charge in [0.1, 0.15) is 73.2 Å². The first-order chi connectivity index (χ1) is 46.3. The standard InChI is InChI=1S/C76H147NO18/c1-3-5-7-9-11-13-15-16-17-18-19-20-21-22-23-24-25-26-27-28-29-30-31-32-33-34-35-36-37-38-39-40-41-42-43-44-46-48-50-52-54-64(82)77-59(60(81)53-51-49-47-45-14-12-10-8-6-4-2)58-90-74-70(88)67(85)72(62(56-79)92-74)95-76-71(89)68(86)73(63(57-80)93-76)94-75-69(87)66(84)65(83)61(55-78)91-75/h59-63,65-76,78-81,83-89H,3-58H2,1-2H3,(H,77,82). The van der Waals surface area contributed by atoms with Crippen molar-refractivity contribution in [1.29, 1.82) is 0 Å². The van der Waals surface area contributed by atoms with E-state index in [2.05, 4.69) is 19.2 Å². The van der Waals surface area contributed by atoms with Crippen molar-refractivity contribution in [1.82, 2.24) is 5.32 Å². The second-order valence-electron chi connectivity index (χ2n) is 28.9. The Bertz CT molecular complexity index is 1720. The van der Waals surface area contributed by atoms with Gasteiger partial charge in [0.2, 0.25) is 5.91 Å². The molecule has 0 bridgehead atoms. The molecule has 0 aromatic rings. The Morgan fingerprint density at radius 2 is 0.600 bits per heavy atom. The highest BCUT2D eigenvalue weighted by atomic mass is 16.8. The van der Waals surface area contributed by atoms with Gasteiger partial charge in [-0.3, -0.25) is 4.79 Å². The van der Waals surface area contributed by atoms with E-state index < -0.39 is 124 Å². The van der Waals surface area contributed by atoms with Crippen LogP contribution in [0.25, 0.3) is 0 Å². The third-order valence-electron chi connectivity index (χ3n) is 20.4. The molecule has 0 aliphatic carbocycles. The molecule has 0 spiro atoms. The van der Waals surface area contributed by atoms with Gasteiger partial charge in [0.25, 0.3) is 0 Å². The molecule has 3 aliphatic rings. The molecule has 3 rings (SSSR count). The first-order valence-corrected chi connectivity index (χ1v) is 39.8. The number of nitrogens with one attached hydrogen (secondary N) is 1. The molecule has 1 amide bonds. The van der Waals surface area contributed by atoms with Gasteiger partial charge in [-0.1, -0.05) is 328 Å². The summed E-state index contributed by atoms with van der Waals surface area (Å²) in [4.78, 5) is 13.4. The number of aliphatic hydroxyl groups excluding tert-OH is 11. The number of ether oxygens (including phenoxy) is 6. The Morgan fingerprint density at radius 1 is 0.337 bits per heavy atom. The zero-order valence-electron chi connectivity index (χ0n) is 60.2. The number of amides is 1. The number of rotatable bonds is 64. The fourth-order valence-corrected chi connectivity index (χ4v) is 14.0. The van der Waals surface area contributed by atoms with Crippen molar-refractivity contribution < 1.29 is 89.4 Å². The molecule has 0 radical (unpaired) electrons. The molecule has 3 aliphatic heterocycles. The molecule has 3 saturated heterocycles. The summed E-state index contributed by atoms with van der Waals surface area (Å²) in [7, 11) is 0. The molecule has 0 aromatic carbocycles. The molecule has 0 saturated carbocycles. The molecule has 0 aromatic heterocycles. The van der Waals surface area contributed by atoms with Gasteiger partial charge in [-0.25, -0.2) is 0 Å². The third-order valence-corrected chi connectivity index (χ3v) is 20.4. The zero-order valence-corrected chi connectivity index (χ0v) is 60.2. The predicted octanol–water partition coefficient (Wildman–Crippen LogP) is 12.6. The number of unbranched alkanes of at least 4 members (excludes halogenated alkanes) is 48. The van der Waals surface area contributed by atoms with Crippen LogP contribution in [-0.4, -0.2) is 193 Å². The van der Waals surface area contributed by atoms with Crippen molar-refractivity contribution in [3.63, 3.8) is 0 Å². The van der Waals surface area contributed by atoms with E-state index in [0.717, 1.165) is 44.9 Å². The molecule has 95 heavy (non-hydrogen) atoms. The van der Waals surface area contributed by atoms with E-state index >= 15 is 0 Å². The summed E-state index contributed by atoms with van der Waals surface area (Å²) >= 11 is 0. The van der Waals surface area contributed by atoms with Crippen LogP contribution in [0.5, 0.6) is 0 Å². The van der Waals surface area contributed by atoms with Gasteiger partial charge >= 0.3 is 0 Å². The van der Waals surface area contributed by atoms with Crippen LogP contribution in [0, 0.1) is 0 Å². The molecular formula is C76H147NO18. The lowest BCUT2D eigenvalue weighted by molar-refractivity contribution is -0.379. The van der Waals surface area contributed by atoms with Gasteiger partial charge in [0.15, 0.2) is 18.9 Å². The van der Waals surface area contributed by atoms with Crippen LogP contribution < -0.4 is 5.32 Å². The molecule has 19 nitrogen and oxygen atoms in total. The van der Waals surface area contributed by atoms with Gasteiger partial charge in [0.05, 0.1) is 38.6 Å².